The Bertz CT molecular complexity index is 1080. The molecule has 0 aliphatic carbocycles. The molecule has 2 rings (SSSR count). The highest BCUT2D eigenvalue weighted by Crippen LogP contribution is 2.34. The van der Waals surface area contributed by atoms with Crippen LogP contribution in [0.25, 0.3) is 0 Å². The fourth-order valence-electron chi connectivity index (χ4n) is 2.51. The average Bonchev–Trinajstić information content (AvgIpc) is 2.91. The summed E-state index contributed by atoms with van der Waals surface area (Å²) in [5, 5.41) is 13.4. The molecule has 1 aromatic carbocycles. The van der Waals surface area contributed by atoms with Gasteiger partial charge in [-0.2, -0.15) is 13.2 Å². The molecule has 0 saturated carbocycles. The summed E-state index contributed by atoms with van der Waals surface area (Å²) in [4.78, 5) is 19.8. The molecular formula is C13H13F3N2O8S3. The minimum Gasteiger partial charge on any atom is -0.352 e. The van der Waals surface area contributed by atoms with Crippen molar-refractivity contribution in [1.29, 1.82) is 0 Å². The Hall–Kier alpha value is -2.07. The van der Waals surface area contributed by atoms with Crippen molar-refractivity contribution < 1.29 is 43.9 Å². The number of nitro benzene ring substituents is 1. The third kappa shape index (κ3) is 5.30. The number of amides is 1. The van der Waals surface area contributed by atoms with Gasteiger partial charge in [-0.1, -0.05) is 0 Å². The van der Waals surface area contributed by atoms with Crippen LogP contribution in [-0.4, -0.2) is 60.7 Å². The lowest BCUT2D eigenvalue weighted by Crippen LogP contribution is -2.38. The number of benzene rings is 1. The van der Waals surface area contributed by atoms with Crippen LogP contribution in [0, 0.1) is 10.1 Å². The van der Waals surface area contributed by atoms with E-state index >= 15 is 0 Å². The molecule has 0 spiro atoms. The summed E-state index contributed by atoms with van der Waals surface area (Å²) in [6.45, 7) is 0. The maximum atomic E-state index is 12.6. The molecule has 1 amide bonds. The number of halogens is 3. The van der Waals surface area contributed by atoms with Gasteiger partial charge in [0.2, 0.25) is 5.91 Å². The van der Waals surface area contributed by atoms with Crippen LogP contribution >= 0.6 is 0 Å². The van der Waals surface area contributed by atoms with Gasteiger partial charge in [-0.05, 0) is 18.6 Å². The van der Waals surface area contributed by atoms with Gasteiger partial charge >= 0.3 is 5.51 Å². The maximum Gasteiger partial charge on any atom is 0.501 e. The summed E-state index contributed by atoms with van der Waals surface area (Å²) in [5.41, 5.74) is -6.85. The first-order chi connectivity index (χ1) is 13.1. The fraction of sp³-hybridized carbons (Fsp3) is 0.462. The number of sulfone groups is 2. The molecule has 1 aliphatic rings. The Labute approximate surface area is 164 Å². The van der Waals surface area contributed by atoms with Crippen LogP contribution in [0.3, 0.4) is 0 Å². The van der Waals surface area contributed by atoms with Gasteiger partial charge in [0.1, 0.15) is 10.6 Å². The maximum absolute atomic E-state index is 12.6. The first-order valence-electron chi connectivity index (χ1n) is 7.62. The SMILES string of the molecule is O=C(CS(=O)c1ccc(S(=O)(=O)C(F)(F)F)cc1[N+](=O)[O-])NC1CCS(=O)(=O)C1. The summed E-state index contributed by atoms with van der Waals surface area (Å²) in [6.07, 6.45) is 0.144. The van der Waals surface area contributed by atoms with Gasteiger partial charge in [-0.15, -0.1) is 0 Å². The van der Waals surface area contributed by atoms with Crippen LogP contribution in [0.15, 0.2) is 28.0 Å². The van der Waals surface area contributed by atoms with Gasteiger partial charge in [0, 0.05) is 12.1 Å². The number of nitrogens with one attached hydrogen (secondary N) is 1. The molecule has 1 aliphatic heterocycles. The first-order valence-corrected chi connectivity index (χ1v) is 12.2. The number of carbonyl (C=O) groups excluding carboxylic acids is 1. The second-order valence-corrected chi connectivity index (χ2v) is 11.6. The van der Waals surface area contributed by atoms with Crippen LogP contribution in [0.5, 0.6) is 0 Å². The van der Waals surface area contributed by atoms with Crippen molar-refractivity contribution in [2.75, 3.05) is 17.3 Å². The van der Waals surface area contributed by atoms with Crippen molar-refractivity contribution in [3.8, 4) is 0 Å². The van der Waals surface area contributed by atoms with Crippen LogP contribution in [0.1, 0.15) is 6.42 Å². The lowest BCUT2D eigenvalue weighted by molar-refractivity contribution is -0.388. The third-order valence-electron chi connectivity index (χ3n) is 3.85. The van der Waals surface area contributed by atoms with Gasteiger partial charge in [0.15, 0.2) is 9.84 Å². The molecule has 2 unspecified atom stereocenters. The predicted octanol–water partition coefficient (Wildman–Crippen LogP) is 0.299. The predicted molar refractivity (Wildman–Crippen MR) is 92.8 cm³/mol. The largest absolute Gasteiger partial charge is 0.501 e. The van der Waals surface area contributed by atoms with Crippen molar-refractivity contribution in [2.45, 2.75) is 27.8 Å². The number of hydrogen-bond acceptors (Lipinski definition) is 8. The van der Waals surface area contributed by atoms with E-state index in [9.17, 15) is 49.1 Å². The topological polar surface area (TPSA) is 158 Å². The summed E-state index contributed by atoms with van der Waals surface area (Å²) >= 11 is 0. The van der Waals surface area contributed by atoms with E-state index in [1.807, 2.05) is 0 Å². The van der Waals surface area contributed by atoms with E-state index in [4.69, 9.17) is 0 Å². The lowest BCUT2D eigenvalue weighted by atomic mass is 10.3. The van der Waals surface area contributed by atoms with Crippen LogP contribution in [0.2, 0.25) is 0 Å². The Morgan fingerprint density at radius 2 is 1.97 bits per heavy atom. The minimum atomic E-state index is -5.86. The Morgan fingerprint density at radius 3 is 2.45 bits per heavy atom. The van der Waals surface area contributed by atoms with Crippen molar-refractivity contribution >= 4 is 42.1 Å². The van der Waals surface area contributed by atoms with E-state index in [1.165, 1.54) is 0 Å². The van der Waals surface area contributed by atoms with E-state index in [2.05, 4.69) is 5.32 Å². The lowest BCUT2D eigenvalue weighted by Gasteiger charge is -2.11. The van der Waals surface area contributed by atoms with E-state index < -0.39 is 74.1 Å². The molecule has 2 atom stereocenters. The average molecular weight is 478 g/mol. The fourth-order valence-corrected chi connectivity index (χ4v) is 6.03. The normalized spacial score (nSPS) is 20.2. The second-order valence-electron chi connectivity index (χ2n) is 5.99. The quantitative estimate of drug-likeness (QED) is 0.452. The number of alkyl halides is 3. The molecule has 1 saturated heterocycles. The molecule has 29 heavy (non-hydrogen) atoms. The van der Waals surface area contributed by atoms with E-state index in [0.717, 1.165) is 0 Å². The molecular weight excluding hydrogens is 465 g/mol. The van der Waals surface area contributed by atoms with Crippen molar-refractivity contribution in [3.05, 3.63) is 28.3 Å². The molecule has 0 bridgehead atoms. The number of nitro groups is 1. The van der Waals surface area contributed by atoms with E-state index in [1.54, 1.807) is 0 Å². The monoisotopic (exact) mass is 478 g/mol. The minimum absolute atomic E-state index is 0.123. The summed E-state index contributed by atoms with van der Waals surface area (Å²) in [6, 6.07) is 0.390. The highest BCUT2D eigenvalue weighted by molar-refractivity contribution is 7.92. The van der Waals surface area contributed by atoms with Crippen LogP contribution in [0.4, 0.5) is 18.9 Å². The molecule has 1 N–H and O–H groups in total. The summed E-state index contributed by atoms with van der Waals surface area (Å²) < 4.78 is 95.6. The molecule has 16 heteroatoms. The number of nitrogens with zero attached hydrogens (tertiary/aromatic N) is 1. The molecule has 1 heterocycles. The zero-order chi connectivity index (χ0) is 22.2. The number of hydrogen-bond donors (Lipinski definition) is 1. The molecule has 10 nitrogen and oxygen atoms in total. The molecule has 0 aromatic heterocycles. The van der Waals surface area contributed by atoms with Gasteiger partial charge < -0.3 is 5.32 Å². The second kappa shape index (κ2) is 7.98. The number of rotatable bonds is 6. The zero-order valence-corrected chi connectivity index (χ0v) is 16.7. The van der Waals surface area contributed by atoms with Crippen molar-refractivity contribution in [1.82, 2.24) is 5.32 Å². The van der Waals surface area contributed by atoms with Gasteiger partial charge in [-0.25, -0.2) is 16.8 Å². The van der Waals surface area contributed by atoms with E-state index in [0.29, 0.717) is 12.1 Å². The first kappa shape index (κ1) is 23.2. The van der Waals surface area contributed by atoms with Gasteiger partial charge in [-0.3, -0.25) is 19.1 Å². The van der Waals surface area contributed by atoms with E-state index in [-0.39, 0.29) is 24.0 Å². The highest BCUT2D eigenvalue weighted by Gasteiger charge is 2.47. The summed E-state index contributed by atoms with van der Waals surface area (Å²) in [5.74, 6) is -2.16. The molecule has 1 aromatic rings. The number of carbonyl (C=O) groups is 1. The smallest absolute Gasteiger partial charge is 0.352 e. The Balaban J connectivity index is 2.24. The molecule has 1 fully saturated rings. The molecule has 162 valence electrons. The highest BCUT2D eigenvalue weighted by atomic mass is 32.2. The van der Waals surface area contributed by atoms with Crippen LogP contribution in [-0.2, 0) is 35.3 Å². The van der Waals surface area contributed by atoms with Gasteiger partial charge in [0.25, 0.3) is 15.5 Å². The standard InChI is InChI=1S/C13H13F3N2O8S3/c14-13(15,16)29(25,26)9-1-2-11(10(5-9)18(20)21)27(22)6-12(19)17-8-3-4-28(23,24)7-8/h1-2,5,8H,3-4,6-7H2,(H,17,19). The molecule has 0 radical (unpaired) electrons. The summed E-state index contributed by atoms with van der Waals surface area (Å²) in [7, 11) is -11.6. The van der Waals surface area contributed by atoms with Gasteiger partial charge in [0.05, 0.1) is 32.1 Å². The Morgan fingerprint density at radius 1 is 1.34 bits per heavy atom. The van der Waals surface area contributed by atoms with Crippen molar-refractivity contribution in [3.63, 3.8) is 0 Å². The Kier molecular flexibility index (Phi) is 6.39. The zero-order valence-electron chi connectivity index (χ0n) is 14.2. The van der Waals surface area contributed by atoms with Crippen molar-refractivity contribution in [2.24, 2.45) is 0 Å². The van der Waals surface area contributed by atoms with Crippen LogP contribution < -0.4 is 5.32 Å². The third-order valence-corrected chi connectivity index (χ3v) is 8.46.